The molecule has 0 bridgehead atoms. The molecule has 1 aliphatic heterocycles. The Morgan fingerprint density at radius 3 is 2.88 bits per heavy atom. The van der Waals surface area contributed by atoms with Crippen molar-refractivity contribution in [3.8, 4) is 21.8 Å². The molecule has 6 rings (SSSR count). The van der Waals surface area contributed by atoms with Crippen LogP contribution in [0, 0.1) is 5.92 Å². The molecule has 34 heavy (non-hydrogen) atoms. The number of pyridine rings is 1. The molecule has 1 saturated carbocycles. The van der Waals surface area contributed by atoms with Crippen molar-refractivity contribution in [1.82, 2.24) is 30.4 Å². The summed E-state index contributed by atoms with van der Waals surface area (Å²) in [5.74, 6) is 0.455. The highest BCUT2D eigenvalue weighted by atomic mass is 35.5. The highest BCUT2D eigenvalue weighted by molar-refractivity contribution is 7.18. The minimum absolute atomic E-state index is 0.0290. The van der Waals surface area contributed by atoms with E-state index in [0.717, 1.165) is 52.0 Å². The fraction of sp³-hybridized carbons (Fsp3) is 0.333. The fourth-order valence-corrected chi connectivity index (χ4v) is 6.17. The smallest absolute Gasteiger partial charge is 0.206 e. The van der Waals surface area contributed by atoms with Gasteiger partial charge in [0.2, 0.25) is 5.13 Å². The first-order chi connectivity index (χ1) is 16.6. The van der Waals surface area contributed by atoms with E-state index in [2.05, 4.69) is 26.4 Å². The second-order valence-corrected chi connectivity index (χ2v) is 10.4. The van der Waals surface area contributed by atoms with E-state index in [1.54, 1.807) is 6.92 Å². The maximum Gasteiger partial charge on any atom is 0.206 e. The number of hydrazine groups is 1. The molecule has 0 amide bonds. The molecule has 1 aliphatic carbocycles. The van der Waals surface area contributed by atoms with E-state index in [1.165, 1.54) is 11.3 Å². The number of carbonyl (C=O) groups is 1. The number of halogens is 1. The highest BCUT2D eigenvalue weighted by Crippen LogP contribution is 2.35. The second kappa shape index (κ2) is 8.74. The molecule has 4 aromatic rings. The van der Waals surface area contributed by atoms with Gasteiger partial charge in [0, 0.05) is 48.1 Å². The highest BCUT2D eigenvalue weighted by Gasteiger charge is 2.41. The number of fused-ring (bicyclic) bond motifs is 2. The SMILES string of the molecule is CC(=O)c1ccc(-c2cn3cccc(-c4nnc(NC5CCC6NNCC6C5Cl)s4)c3n2)cc1. The van der Waals surface area contributed by atoms with Crippen LogP contribution in [0.4, 0.5) is 5.13 Å². The number of hydrogen-bond donors (Lipinski definition) is 3. The first-order valence-electron chi connectivity index (χ1n) is 11.4. The van der Waals surface area contributed by atoms with Crippen LogP contribution in [0.2, 0.25) is 0 Å². The van der Waals surface area contributed by atoms with Gasteiger partial charge in [-0.25, -0.2) is 4.98 Å². The zero-order chi connectivity index (χ0) is 23.2. The summed E-state index contributed by atoms with van der Waals surface area (Å²) in [6, 6.07) is 12.1. The molecule has 2 fully saturated rings. The second-order valence-electron chi connectivity index (χ2n) is 8.89. The summed E-state index contributed by atoms with van der Waals surface area (Å²) < 4.78 is 1.99. The summed E-state index contributed by atoms with van der Waals surface area (Å²) in [5, 5.41) is 14.0. The van der Waals surface area contributed by atoms with Gasteiger partial charge in [0.05, 0.1) is 16.6 Å². The molecule has 10 heteroatoms. The lowest BCUT2D eigenvalue weighted by Gasteiger charge is -2.35. The monoisotopic (exact) mass is 493 g/mol. The van der Waals surface area contributed by atoms with Crippen molar-refractivity contribution in [3.63, 3.8) is 0 Å². The van der Waals surface area contributed by atoms with Crippen molar-refractivity contribution < 1.29 is 4.79 Å². The predicted octanol–water partition coefficient (Wildman–Crippen LogP) is 4.00. The zero-order valence-electron chi connectivity index (χ0n) is 18.5. The van der Waals surface area contributed by atoms with E-state index in [-0.39, 0.29) is 17.2 Å². The maximum absolute atomic E-state index is 11.6. The molecular formula is C24H24ClN7OS. The first-order valence-corrected chi connectivity index (χ1v) is 12.6. The van der Waals surface area contributed by atoms with E-state index < -0.39 is 0 Å². The van der Waals surface area contributed by atoms with Gasteiger partial charge < -0.3 is 9.72 Å². The lowest BCUT2D eigenvalue weighted by Crippen LogP contribution is -2.47. The number of hydrogen-bond acceptors (Lipinski definition) is 8. The quantitative estimate of drug-likeness (QED) is 0.285. The largest absolute Gasteiger partial charge is 0.356 e. The van der Waals surface area contributed by atoms with Gasteiger partial charge in [-0.1, -0.05) is 35.6 Å². The Labute approximate surface area is 205 Å². The molecule has 0 radical (unpaired) electrons. The molecule has 8 nitrogen and oxygen atoms in total. The van der Waals surface area contributed by atoms with Gasteiger partial charge in [-0.3, -0.25) is 15.6 Å². The van der Waals surface area contributed by atoms with E-state index in [9.17, 15) is 4.79 Å². The Morgan fingerprint density at radius 2 is 2.06 bits per heavy atom. The van der Waals surface area contributed by atoms with Crippen LogP contribution in [-0.2, 0) is 0 Å². The molecule has 3 aromatic heterocycles. The maximum atomic E-state index is 11.6. The van der Waals surface area contributed by atoms with Crippen LogP contribution in [0.1, 0.15) is 30.1 Å². The van der Waals surface area contributed by atoms with Gasteiger partial charge in [0.25, 0.3) is 0 Å². The molecule has 1 saturated heterocycles. The van der Waals surface area contributed by atoms with E-state index >= 15 is 0 Å². The number of imidazole rings is 1. The molecule has 174 valence electrons. The number of Topliss-reactive ketones (excluding diaryl/α,β-unsaturated/α-hetero) is 1. The Hall–Kier alpha value is -2.85. The van der Waals surface area contributed by atoms with Crippen LogP contribution < -0.4 is 16.2 Å². The van der Waals surface area contributed by atoms with Crippen LogP contribution in [-0.4, -0.2) is 49.4 Å². The molecule has 3 N–H and O–H groups in total. The summed E-state index contributed by atoms with van der Waals surface area (Å²) in [4.78, 5) is 16.4. The number of anilines is 1. The van der Waals surface area contributed by atoms with Gasteiger partial charge in [-0.05, 0) is 31.9 Å². The minimum Gasteiger partial charge on any atom is -0.356 e. The van der Waals surface area contributed by atoms with Gasteiger partial charge in [-0.15, -0.1) is 21.8 Å². The topological polar surface area (TPSA) is 96.2 Å². The van der Waals surface area contributed by atoms with E-state index in [4.69, 9.17) is 16.6 Å². The lowest BCUT2D eigenvalue weighted by atomic mass is 9.82. The standard InChI is InChI=1S/C24H24ClN7OS/c1-13(33)14-4-6-15(7-5-14)20-12-32-10-2-3-16(22(32)27-20)23-30-31-24(34-23)28-19-9-8-18-17(21(19)25)11-26-29-18/h2-7,10,12,17-19,21,26,29H,8-9,11H2,1H3,(H,28,31). The molecule has 1 aromatic carbocycles. The zero-order valence-corrected chi connectivity index (χ0v) is 20.1. The van der Waals surface area contributed by atoms with Gasteiger partial charge in [0.15, 0.2) is 10.8 Å². The number of benzene rings is 1. The predicted molar refractivity (Wildman–Crippen MR) is 134 cm³/mol. The van der Waals surface area contributed by atoms with E-state index in [1.807, 2.05) is 53.2 Å². The Kier molecular flexibility index (Phi) is 5.57. The summed E-state index contributed by atoms with van der Waals surface area (Å²) in [7, 11) is 0. The normalized spacial score (nSPS) is 24.3. The Morgan fingerprint density at radius 1 is 1.21 bits per heavy atom. The summed E-state index contributed by atoms with van der Waals surface area (Å²) in [5.41, 5.74) is 10.8. The summed E-state index contributed by atoms with van der Waals surface area (Å²) in [6.07, 6.45) is 6.02. The number of alkyl halides is 1. The fourth-order valence-electron chi connectivity index (χ4n) is 4.89. The van der Waals surface area contributed by atoms with Crippen molar-refractivity contribution >= 4 is 39.5 Å². The molecular weight excluding hydrogens is 470 g/mol. The minimum atomic E-state index is 0.0290. The Bertz CT molecular complexity index is 1350. The molecule has 4 unspecified atom stereocenters. The van der Waals surface area contributed by atoms with Crippen LogP contribution >= 0.6 is 22.9 Å². The van der Waals surface area contributed by atoms with Crippen LogP contribution in [0.25, 0.3) is 27.5 Å². The summed E-state index contributed by atoms with van der Waals surface area (Å²) >= 11 is 8.32. The van der Waals surface area contributed by atoms with Crippen molar-refractivity contribution in [2.24, 2.45) is 5.92 Å². The Balaban J connectivity index is 1.26. The van der Waals surface area contributed by atoms with Gasteiger partial charge in [0.1, 0.15) is 5.65 Å². The third-order valence-electron chi connectivity index (χ3n) is 6.76. The summed E-state index contributed by atoms with van der Waals surface area (Å²) in [6.45, 7) is 2.46. The third-order valence-corrected chi connectivity index (χ3v) is 8.27. The van der Waals surface area contributed by atoms with Gasteiger partial charge in [-0.2, -0.15) is 0 Å². The number of rotatable bonds is 5. The average molecular weight is 494 g/mol. The molecule has 2 aliphatic rings. The average Bonchev–Trinajstić information content (AvgIpc) is 3.60. The van der Waals surface area contributed by atoms with Crippen molar-refractivity contribution in [1.29, 1.82) is 0 Å². The number of nitrogens with zero attached hydrogens (tertiary/aromatic N) is 4. The van der Waals surface area contributed by atoms with Gasteiger partial charge >= 0.3 is 0 Å². The first kappa shape index (κ1) is 21.7. The lowest BCUT2D eigenvalue weighted by molar-refractivity contribution is 0.101. The number of nitrogens with one attached hydrogen (secondary N) is 3. The van der Waals surface area contributed by atoms with Crippen molar-refractivity contribution in [2.45, 2.75) is 37.2 Å². The number of ketones is 1. The van der Waals surface area contributed by atoms with Crippen molar-refractivity contribution in [3.05, 3.63) is 54.4 Å². The number of carbonyl (C=O) groups excluding carboxylic acids is 1. The third kappa shape index (κ3) is 3.88. The van der Waals surface area contributed by atoms with Crippen LogP contribution in [0.15, 0.2) is 48.8 Å². The molecule has 4 heterocycles. The van der Waals surface area contributed by atoms with Crippen LogP contribution in [0.3, 0.4) is 0 Å². The number of aromatic nitrogens is 4. The van der Waals surface area contributed by atoms with E-state index in [0.29, 0.717) is 17.5 Å². The molecule has 0 spiro atoms. The van der Waals surface area contributed by atoms with Crippen LogP contribution in [0.5, 0.6) is 0 Å². The molecule has 4 atom stereocenters. The van der Waals surface area contributed by atoms with Crippen molar-refractivity contribution in [2.75, 3.05) is 11.9 Å².